The van der Waals surface area contributed by atoms with E-state index in [0.29, 0.717) is 11.8 Å². The molecule has 5 aromatic rings. The quantitative estimate of drug-likeness (QED) is 0.0141. The molecule has 5 rings (SSSR count). The maximum Gasteiger partial charge on any atom is 0.397 e. The van der Waals surface area contributed by atoms with Crippen molar-refractivity contribution in [1.29, 1.82) is 0 Å². The average Bonchev–Trinajstić information content (AvgIpc) is 3.19. The number of phenols is 1. The van der Waals surface area contributed by atoms with Crippen LogP contribution in [0.1, 0.15) is 0 Å². The number of benzene rings is 4. The van der Waals surface area contributed by atoms with Crippen molar-refractivity contribution in [2.45, 2.75) is 14.7 Å². The fraction of sp³-hybridized carbons (Fsp3) is 0.194. The highest BCUT2D eigenvalue weighted by atomic mass is 35.5. The molecule has 0 bridgehead atoms. The molecule has 0 amide bonds. The number of aromatic hydroxyl groups is 1. The number of rotatable bonds is 22. The van der Waals surface area contributed by atoms with Crippen LogP contribution in [0.2, 0.25) is 5.28 Å². The van der Waals surface area contributed by atoms with Gasteiger partial charge in [-0.1, -0.05) is 29.3 Å². The van der Waals surface area contributed by atoms with Crippen molar-refractivity contribution in [2.24, 2.45) is 10.2 Å². The van der Waals surface area contributed by atoms with Crippen molar-refractivity contribution >= 4 is 120 Å². The Balaban J connectivity index is 1.59. The number of azo groups is 1. The van der Waals surface area contributed by atoms with Crippen LogP contribution >= 0.6 is 23.9 Å². The maximum atomic E-state index is 12.9. The molecule has 346 valence electrons. The number of halogens is 1. The lowest BCUT2D eigenvalue weighted by molar-refractivity contribution is -0.434. The number of phenolic OH excluding ortho intramolecular Hbond substituents is 1. The van der Waals surface area contributed by atoms with E-state index in [0.717, 1.165) is 18.2 Å². The summed E-state index contributed by atoms with van der Waals surface area (Å²) in [5.41, 5.74) is -1.36. The zero-order chi connectivity index (χ0) is 47.1. The van der Waals surface area contributed by atoms with Gasteiger partial charge in [-0.2, -0.15) is 45.3 Å². The molecule has 0 unspecified atom stereocenters. The van der Waals surface area contributed by atoms with Gasteiger partial charge in [0.1, 0.15) is 10.6 Å². The number of nitrogens with one attached hydrogen (secondary N) is 1. The normalized spacial score (nSPS) is 12.8. The van der Waals surface area contributed by atoms with Gasteiger partial charge in [-0.3, -0.25) is 17.8 Å². The molecule has 64 heavy (non-hydrogen) atoms. The van der Waals surface area contributed by atoms with Crippen LogP contribution in [0.4, 0.5) is 34.6 Å². The third-order valence-corrected chi connectivity index (χ3v) is 14.1. The third kappa shape index (κ3) is 13.9. The molecule has 0 atom stereocenters. The van der Waals surface area contributed by atoms with Crippen molar-refractivity contribution in [2.75, 3.05) is 47.2 Å². The first-order valence-electron chi connectivity index (χ1n) is 17.0. The molecule has 0 saturated carbocycles. The van der Waals surface area contributed by atoms with Crippen molar-refractivity contribution in [1.82, 2.24) is 15.0 Å². The number of nitrogens with zero attached hydrogens (tertiary/aromatic N) is 6. The molecule has 1 aromatic heterocycles. The summed E-state index contributed by atoms with van der Waals surface area (Å²) in [6.45, 7) is -1.74. The molecular formula is C31H30ClN7O19S6. The highest BCUT2D eigenvalue weighted by molar-refractivity contribution is 7.92. The van der Waals surface area contributed by atoms with Crippen molar-refractivity contribution in [3.63, 3.8) is 0 Å². The second kappa shape index (κ2) is 20.6. The van der Waals surface area contributed by atoms with E-state index >= 15 is 0 Å². The van der Waals surface area contributed by atoms with E-state index < -0.39 is 136 Å². The summed E-state index contributed by atoms with van der Waals surface area (Å²) in [6.07, 6.45) is 0. The largest absolute Gasteiger partial charge is 0.505 e. The minimum absolute atomic E-state index is 0.145. The molecule has 0 fully saturated rings. The predicted octanol–water partition coefficient (Wildman–Crippen LogP) is 4.18. The number of aromatic nitrogens is 3. The highest BCUT2D eigenvalue weighted by Gasteiger charge is 2.27. The van der Waals surface area contributed by atoms with Gasteiger partial charge in [0.25, 0.3) is 20.2 Å². The van der Waals surface area contributed by atoms with Crippen molar-refractivity contribution < 1.29 is 83.8 Å². The van der Waals surface area contributed by atoms with E-state index in [4.69, 9.17) is 25.6 Å². The van der Waals surface area contributed by atoms with Gasteiger partial charge in [0, 0.05) is 17.6 Å². The summed E-state index contributed by atoms with van der Waals surface area (Å²) in [6, 6.07) is 14.7. The Hall–Kier alpha value is -4.78. The van der Waals surface area contributed by atoms with Crippen LogP contribution in [0.5, 0.6) is 5.75 Å². The maximum absolute atomic E-state index is 12.9. The van der Waals surface area contributed by atoms with Gasteiger partial charge in [-0.05, 0) is 65.5 Å². The van der Waals surface area contributed by atoms with Crippen LogP contribution in [0.15, 0.2) is 97.7 Å². The topological polar surface area (TPSA) is 387 Å². The number of anilines is 4. The van der Waals surface area contributed by atoms with Crippen molar-refractivity contribution in [3.05, 3.63) is 78.1 Å². The van der Waals surface area contributed by atoms with Gasteiger partial charge in [0.15, 0.2) is 37.7 Å². The minimum atomic E-state index is -5.33. The number of para-hydroxylation sites is 1. The number of sulfone groups is 2. The molecule has 4 aromatic carbocycles. The summed E-state index contributed by atoms with van der Waals surface area (Å²) in [5, 5.41) is 31.9. The first kappa shape index (κ1) is 50.2. The Morgan fingerprint density at radius 3 is 2.14 bits per heavy atom. The second-order valence-corrected chi connectivity index (χ2v) is 21.5. The van der Waals surface area contributed by atoms with Gasteiger partial charge in [0.05, 0.1) is 51.6 Å². The van der Waals surface area contributed by atoms with E-state index in [-0.39, 0.29) is 28.9 Å². The first-order chi connectivity index (χ1) is 29.9. The van der Waals surface area contributed by atoms with Crippen LogP contribution in [0.25, 0.3) is 10.8 Å². The fourth-order valence-corrected chi connectivity index (χ4v) is 9.57. The van der Waals surface area contributed by atoms with E-state index in [2.05, 4.69) is 44.1 Å². The molecular weight excluding hydrogens is 1000 g/mol. The predicted molar refractivity (Wildman–Crippen MR) is 224 cm³/mol. The van der Waals surface area contributed by atoms with Crippen LogP contribution in [0.3, 0.4) is 0 Å². The molecule has 0 aliphatic heterocycles. The number of hydrogen-bond donors (Lipinski definition) is 6. The van der Waals surface area contributed by atoms with E-state index in [9.17, 15) is 56.3 Å². The molecule has 26 nitrogen and oxygen atoms in total. The summed E-state index contributed by atoms with van der Waals surface area (Å²) < 4.78 is 165. The smallest absolute Gasteiger partial charge is 0.397 e. The SMILES string of the molecule is O=S(=O)(CCOS(=O)(=O)O)CCN(c1ccccc1)c1nc(Cl)nc(Nc2cc(S(=O)(=O)O)cc3cc(S(=O)(=O)O)c(N=Nc4cccc(S(=O)(=O)CCOSOOO)c4)c(O)c23)n1. The zero-order valence-electron chi connectivity index (χ0n) is 31.6. The Labute approximate surface area is 372 Å². The van der Waals surface area contributed by atoms with Gasteiger partial charge in [0.2, 0.25) is 17.2 Å². The molecule has 6 N–H and O–H groups in total. The molecule has 0 spiro atoms. The highest BCUT2D eigenvalue weighted by Crippen LogP contribution is 2.46. The molecule has 1 heterocycles. The number of fused-ring (bicyclic) bond motifs is 1. The van der Waals surface area contributed by atoms with Gasteiger partial charge in [-0.15, -0.1) is 9.45 Å². The monoisotopic (exact) mass is 1030 g/mol. The Bertz CT molecular complexity index is 3130. The molecule has 0 aliphatic rings. The summed E-state index contributed by atoms with van der Waals surface area (Å²) >= 11 is 6.41. The lowest BCUT2D eigenvalue weighted by atomic mass is 10.1. The number of hydrogen-bond acceptors (Lipinski definition) is 24. The average molecular weight is 1030 g/mol. The first-order valence-corrected chi connectivity index (χ1v) is 25.8. The second-order valence-electron chi connectivity index (χ2n) is 12.4. The lowest BCUT2D eigenvalue weighted by Crippen LogP contribution is -2.29. The molecule has 0 radical (unpaired) electrons. The molecule has 0 aliphatic carbocycles. The van der Waals surface area contributed by atoms with Gasteiger partial charge >= 0.3 is 10.4 Å². The molecule has 0 saturated heterocycles. The van der Waals surface area contributed by atoms with Crippen LogP contribution in [-0.2, 0) is 68.0 Å². The Morgan fingerprint density at radius 1 is 0.766 bits per heavy atom. The van der Waals surface area contributed by atoms with Gasteiger partial charge < -0.3 is 15.3 Å². The fourth-order valence-electron chi connectivity index (χ4n) is 5.36. The van der Waals surface area contributed by atoms with Crippen LogP contribution in [0, 0.1) is 0 Å². The third-order valence-electron chi connectivity index (χ3n) is 8.09. The van der Waals surface area contributed by atoms with E-state index in [1.807, 2.05) is 0 Å². The standard InChI is InChI=1S/C31H30ClN7O19S6/c32-29-34-30(36-31(35-29)39(21-6-2-1-3-7-21)9-12-60(42,43)13-11-56-64(52,53)54)33-24-18-23(62(46,47)48)15-19-16-25(63(49,50)51)27(28(40)26(19)24)38-37-20-5-4-8-22(17-20)61(44,45)14-10-55-59-58-57-41/h1-8,15-18,40-41H,9-14H2,(H,46,47,48)(H,49,50,51)(H,52,53,54)(H,33,34,35,36). The minimum Gasteiger partial charge on any atom is -0.505 e. The van der Waals surface area contributed by atoms with Crippen LogP contribution in [-0.4, -0.2) is 118 Å². The van der Waals surface area contributed by atoms with E-state index in [1.54, 1.807) is 18.2 Å². The van der Waals surface area contributed by atoms with E-state index in [1.165, 1.54) is 35.2 Å². The zero-order valence-corrected chi connectivity index (χ0v) is 37.3. The summed E-state index contributed by atoms with van der Waals surface area (Å²) in [5.74, 6) is -4.04. The summed E-state index contributed by atoms with van der Waals surface area (Å²) in [4.78, 5) is 11.2. The van der Waals surface area contributed by atoms with Crippen molar-refractivity contribution in [3.8, 4) is 5.75 Å². The van der Waals surface area contributed by atoms with Gasteiger partial charge in [-0.25, -0.2) is 26.3 Å². The Kier molecular flexibility index (Phi) is 16.2. The summed E-state index contributed by atoms with van der Waals surface area (Å²) in [7, 11) is -23.5. The lowest BCUT2D eigenvalue weighted by Gasteiger charge is -2.23. The van der Waals surface area contributed by atoms with Crippen LogP contribution < -0.4 is 10.2 Å². The molecule has 33 heteroatoms. The Morgan fingerprint density at radius 2 is 1.48 bits per heavy atom.